The van der Waals surface area contributed by atoms with Crippen LogP contribution in [0, 0.1) is 23.7 Å². The van der Waals surface area contributed by atoms with Crippen LogP contribution in [0.4, 0.5) is 0 Å². The van der Waals surface area contributed by atoms with E-state index in [1.807, 2.05) is 32.1 Å². The van der Waals surface area contributed by atoms with E-state index in [1.165, 1.54) is 19.3 Å². The number of rotatable bonds is 4. The van der Waals surface area contributed by atoms with Crippen LogP contribution in [0.3, 0.4) is 0 Å². The quantitative estimate of drug-likeness (QED) is 0.252. The van der Waals surface area contributed by atoms with Gasteiger partial charge in [-0.1, -0.05) is 69.6 Å². The Morgan fingerprint density at radius 3 is 2.48 bits per heavy atom. The molecule has 2 aliphatic carbocycles. The third-order valence-electron chi connectivity index (χ3n) is 13.2. The van der Waals surface area contributed by atoms with Gasteiger partial charge in [-0.15, -0.1) is 0 Å². The molecule has 3 N–H and O–H groups in total. The van der Waals surface area contributed by atoms with Crippen LogP contribution in [0.15, 0.2) is 59.3 Å². The smallest absolute Gasteiger partial charge is 0.316 e. The van der Waals surface area contributed by atoms with E-state index in [0.717, 1.165) is 18.4 Å². The number of aliphatic hydroxyl groups is 3. The van der Waals surface area contributed by atoms with Gasteiger partial charge >= 0.3 is 5.97 Å². The molecular weight excluding hydrogens is 692 g/mol. The summed E-state index contributed by atoms with van der Waals surface area (Å²) in [6.45, 7) is 9.92. The van der Waals surface area contributed by atoms with Gasteiger partial charge in [-0.05, 0) is 68.7 Å². The lowest BCUT2D eigenvalue weighted by Crippen LogP contribution is -2.58. The number of hydrogen-bond acceptors (Lipinski definition) is 11. The van der Waals surface area contributed by atoms with Crippen molar-refractivity contribution >= 4 is 5.97 Å². The predicted octanol–water partition coefficient (Wildman–Crippen LogP) is 5.38. The molecule has 11 heteroatoms. The third kappa shape index (κ3) is 7.87. The lowest BCUT2D eigenvalue weighted by atomic mass is 9.71. The second-order valence-corrected chi connectivity index (χ2v) is 17.1. The Hall–Kier alpha value is -2.19. The molecule has 3 saturated heterocycles. The first-order valence-corrected chi connectivity index (χ1v) is 20.3. The van der Waals surface area contributed by atoms with Gasteiger partial charge in [-0.2, -0.15) is 0 Å². The number of aliphatic hydroxyl groups excluding tert-OH is 2. The molecule has 0 aromatic carbocycles. The highest BCUT2D eigenvalue weighted by Gasteiger charge is 2.60. The van der Waals surface area contributed by atoms with Crippen LogP contribution in [-0.4, -0.2) is 108 Å². The molecule has 0 aromatic rings. The zero-order valence-corrected chi connectivity index (χ0v) is 32.8. The predicted molar refractivity (Wildman–Crippen MR) is 200 cm³/mol. The van der Waals surface area contributed by atoms with Crippen LogP contribution >= 0.6 is 0 Å². The molecule has 1 spiro atoms. The van der Waals surface area contributed by atoms with E-state index in [0.29, 0.717) is 42.7 Å². The minimum absolute atomic E-state index is 0.00602. The van der Waals surface area contributed by atoms with Crippen molar-refractivity contribution in [3.05, 3.63) is 59.3 Å². The van der Waals surface area contributed by atoms with Crippen LogP contribution < -0.4 is 0 Å². The van der Waals surface area contributed by atoms with Crippen LogP contribution in [0.5, 0.6) is 0 Å². The first kappa shape index (κ1) is 40.0. The maximum atomic E-state index is 14.3. The van der Waals surface area contributed by atoms with Crippen molar-refractivity contribution in [2.24, 2.45) is 23.7 Å². The molecule has 0 aromatic heterocycles. The zero-order valence-electron chi connectivity index (χ0n) is 32.8. The van der Waals surface area contributed by atoms with Crippen LogP contribution in [-0.2, 0) is 38.0 Å². The van der Waals surface area contributed by atoms with E-state index in [1.54, 1.807) is 26.2 Å². The molecule has 2 bridgehead atoms. The van der Waals surface area contributed by atoms with Gasteiger partial charge in [0.05, 0.1) is 37.1 Å². The Morgan fingerprint density at radius 2 is 1.72 bits per heavy atom. The molecule has 7 rings (SSSR count). The molecule has 5 aliphatic heterocycles. The van der Waals surface area contributed by atoms with Crippen molar-refractivity contribution in [2.75, 3.05) is 13.7 Å². The molecule has 1 saturated carbocycles. The van der Waals surface area contributed by atoms with Crippen LogP contribution in [0.1, 0.15) is 92.4 Å². The molecule has 5 heterocycles. The lowest BCUT2D eigenvalue weighted by Gasteiger charge is -2.49. The fourth-order valence-electron chi connectivity index (χ4n) is 9.99. The Morgan fingerprint density at radius 1 is 0.944 bits per heavy atom. The minimum atomic E-state index is -1.81. The second kappa shape index (κ2) is 16.3. The molecule has 15 atom stereocenters. The van der Waals surface area contributed by atoms with Gasteiger partial charge in [0, 0.05) is 38.2 Å². The Bertz CT molecular complexity index is 1510. The highest BCUT2D eigenvalue weighted by atomic mass is 16.7. The van der Waals surface area contributed by atoms with E-state index in [4.69, 9.17) is 33.2 Å². The van der Waals surface area contributed by atoms with E-state index in [2.05, 4.69) is 26.0 Å². The number of allylic oxidation sites excluding steroid dienone is 2. The lowest BCUT2D eigenvalue weighted by molar-refractivity contribution is -0.301. The highest BCUT2D eigenvalue weighted by molar-refractivity contribution is 5.78. The number of carbonyl (C=O) groups excluding carboxylic acids is 1. The molecule has 7 aliphatic rings. The highest BCUT2D eigenvalue weighted by Crippen LogP contribution is 2.47. The average Bonchev–Trinajstić information content (AvgIpc) is 3.49. The first-order chi connectivity index (χ1) is 25.8. The third-order valence-corrected chi connectivity index (χ3v) is 13.2. The maximum Gasteiger partial charge on any atom is 0.316 e. The number of hydrogen-bond donors (Lipinski definition) is 3. The van der Waals surface area contributed by atoms with Gasteiger partial charge in [-0.3, -0.25) is 4.79 Å². The van der Waals surface area contributed by atoms with Crippen LogP contribution in [0.25, 0.3) is 0 Å². The molecule has 0 unspecified atom stereocenters. The summed E-state index contributed by atoms with van der Waals surface area (Å²) in [5.74, 6) is -2.20. The SMILES string of the molecule is CO[C@H]1C[C@H](O[C@@H]2C(C)=CC[C@@H]3C[C@@H](C[C@]4(C=C[C@H](C)[C@@H](C5CCCCC5)O4)O3)OC(=O)[C@@H]3C=C(C)[C@@H](O)[C@H]4OCC(=CC=C[C@@H]2C)[C@]43O)O[C@@H](C)[C@@H]1O. The summed E-state index contributed by atoms with van der Waals surface area (Å²) in [6.07, 6.45) is 15.5. The van der Waals surface area contributed by atoms with Gasteiger partial charge in [-0.25, -0.2) is 0 Å². The summed E-state index contributed by atoms with van der Waals surface area (Å²) in [5.41, 5.74) is 0.217. The largest absolute Gasteiger partial charge is 0.462 e. The molecule has 0 amide bonds. The summed E-state index contributed by atoms with van der Waals surface area (Å²) in [6, 6.07) is 0. The summed E-state index contributed by atoms with van der Waals surface area (Å²) >= 11 is 0. The zero-order chi connectivity index (χ0) is 38.4. The Balaban J connectivity index is 1.24. The van der Waals surface area contributed by atoms with Crippen molar-refractivity contribution in [1.29, 1.82) is 0 Å². The van der Waals surface area contributed by atoms with Gasteiger partial charge in [0.2, 0.25) is 0 Å². The number of carbonyl (C=O) groups is 1. The van der Waals surface area contributed by atoms with E-state index in [9.17, 15) is 20.1 Å². The van der Waals surface area contributed by atoms with Crippen molar-refractivity contribution in [3.63, 3.8) is 0 Å². The topological polar surface area (TPSA) is 142 Å². The minimum Gasteiger partial charge on any atom is -0.462 e. The maximum absolute atomic E-state index is 14.3. The number of esters is 1. The summed E-state index contributed by atoms with van der Waals surface area (Å²) < 4.78 is 44.8. The van der Waals surface area contributed by atoms with E-state index in [-0.39, 0.29) is 30.7 Å². The standard InChI is InChI=1S/C43H62O11/c1-24-11-10-14-30-23-49-40-36(44)27(4)19-33(43(30,40)47)41(46)51-32-20-31(16-15-25(2)38(24)52-35-21-34(48-6)37(45)28(5)50-35)53-42(22-32)18-17-26(3)39(54-42)29-12-8-7-9-13-29/h10-11,14-15,17-19,24,26,28-29,31-40,44-45,47H,7-9,12-13,16,20-23H2,1-6H3/t24-,26-,28-,31+,32-,33-,34-,35-,36+,37-,38-,39-,40+,42+,43+/m0/s1. The van der Waals surface area contributed by atoms with Gasteiger partial charge in [0.25, 0.3) is 0 Å². The number of fused-ring (bicyclic) bond motifs is 2. The molecule has 54 heavy (non-hydrogen) atoms. The molecule has 300 valence electrons. The molecule has 4 fully saturated rings. The van der Waals surface area contributed by atoms with Gasteiger partial charge in [0.1, 0.15) is 35.9 Å². The van der Waals surface area contributed by atoms with Crippen molar-refractivity contribution in [3.8, 4) is 0 Å². The number of ether oxygens (including phenoxy) is 7. The molecule has 0 radical (unpaired) electrons. The second-order valence-electron chi connectivity index (χ2n) is 17.1. The summed E-state index contributed by atoms with van der Waals surface area (Å²) in [4.78, 5) is 14.3. The van der Waals surface area contributed by atoms with Gasteiger partial charge in [0.15, 0.2) is 12.1 Å². The van der Waals surface area contributed by atoms with Crippen molar-refractivity contribution in [2.45, 2.75) is 165 Å². The fourth-order valence-corrected chi connectivity index (χ4v) is 9.99. The monoisotopic (exact) mass is 754 g/mol. The first-order valence-electron chi connectivity index (χ1n) is 20.3. The molecule has 11 nitrogen and oxygen atoms in total. The number of methoxy groups -OCH3 is 1. The van der Waals surface area contributed by atoms with E-state index >= 15 is 0 Å². The summed E-state index contributed by atoms with van der Waals surface area (Å²) in [7, 11) is 1.59. The Labute approximate surface area is 320 Å². The summed E-state index contributed by atoms with van der Waals surface area (Å²) in [5, 5.41) is 34.2. The van der Waals surface area contributed by atoms with Crippen molar-refractivity contribution < 1.29 is 53.3 Å². The normalized spacial score (nSPS) is 46.4. The van der Waals surface area contributed by atoms with Crippen LogP contribution in [0.2, 0.25) is 0 Å². The van der Waals surface area contributed by atoms with E-state index < -0.39 is 72.3 Å². The van der Waals surface area contributed by atoms with Gasteiger partial charge < -0.3 is 48.5 Å². The van der Waals surface area contributed by atoms with Crippen molar-refractivity contribution in [1.82, 2.24) is 0 Å². The Kier molecular flexibility index (Phi) is 12.1. The average molecular weight is 755 g/mol. The fraction of sp³-hybridized carbons (Fsp3) is 0.744. The molecular formula is C43H62O11.